The van der Waals surface area contributed by atoms with Crippen LogP contribution in [0.3, 0.4) is 0 Å². The molecule has 0 heterocycles. The fourth-order valence-corrected chi connectivity index (χ4v) is 1.73. The van der Waals surface area contributed by atoms with E-state index in [-0.39, 0.29) is 5.06 Å². The molecule has 0 bridgehead atoms. The van der Waals surface area contributed by atoms with E-state index in [2.05, 4.69) is 0 Å². The van der Waals surface area contributed by atoms with Crippen LogP contribution in [0.25, 0.3) is 0 Å². The zero-order valence-electron chi connectivity index (χ0n) is 10.3. The van der Waals surface area contributed by atoms with Crippen molar-refractivity contribution >= 4 is 11.4 Å². The third kappa shape index (κ3) is 2.45. The minimum Gasteiger partial charge on any atom is -0.623 e. The van der Waals surface area contributed by atoms with Crippen molar-refractivity contribution in [3.63, 3.8) is 0 Å². The molecule has 2 rings (SSSR count). The maximum absolute atomic E-state index is 12.3. The molecule has 0 amide bonds. The molecule has 0 aliphatic carbocycles. The van der Waals surface area contributed by atoms with Crippen molar-refractivity contribution in [2.24, 2.45) is 0 Å². The second-order valence-corrected chi connectivity index (χ2v) is 3.76. The van der Waals surface area contributed by atoms with Crippen LogP contribution in [0.1, 0.15) is 0 Å². The molecule has 94 valence electrons. The number of nitrogens with one attached hydrogen (secondary N) is 1. The molecule has 18 heavy (non-hydrogen) atoms. The van der Waals surface area contributed by atoms with E-state index < -0.39 is 0 Å². The average Bonchev–Trinajstić information content (AvgIpc) is 2.46. The lowest BCUT2D eigenvalue weighted by Crippen LogP contribution is -2.96. The molecule has 1 N–H and O–H groups in total. The summed E-state index contributed by atoms with van der Waals surface area (Å²) in [5.41, 5.74) is 1.17. The van der Waals surface area contributed by atoms with Crippen LogP contribution in [0.2, 0.25) is 0 Å². The van der Waals surface area contributed by atoms with Crippen molar-refractivity contribution in [3.05, 3.63) is 53.7 Å². The van der Waals surface area contributed by atoms with Gasteiger partial charge in [-0.15, -0.1) is 0 Å². The minimum atomic E-state index is -0.0601. The Hall–Kier alpha value is -2.04. The van der Waals surface area contributed by atoms with E-state index in [1.807, 2.05) is 18.2 Å². The monoisotopic (exact) mass is 245 g/mol. The van der Waals surface area contributed by atoms with Gasteiger partial charge in [-0.05, 0) is 18.2 Å². The van der Waals surface area contributed by atoms with Gasteiger partial charge in [-0.3, -0.25) is 0 Å². The predicted molar refractivity (Wildman–Crippen MR) is 69.6 cm³/mol. The lowest BCUT2D eigenvalue weighted by molar-refractivity contribution is -0.698. The van der Waals surface area contributed by atoms with E-state index in [4.69, 9.17) is 9.47 Å². The van der Waals surface area contributed by atoms with Gasteiger partial charge in [0.05, 0.1) is 14.2 Å². The van der Waals surface area contributed by atoms with Gasteiger partial charge in [-0.2, -0.15) is 0 Å². The van der Waals surface area contributed by atoms with Gasteiger partial charge in [0.25, 0.3) is 0 Å². The number of methoxy groups -OCH3 is 2. The highest BCUT2D eigenvalue weighted by molar-refractivity contribution is 5.52. The van der Waals surface area contributed by atoms with Crippen LogP contribution in [0.5, 0.6) is 11.5 Å². The fraction of sp³-hybridized carbons (Fsp3) is 0.143. The van der Waals surface area contributed by atoms with Crippen LogP contribution in [-0.2, 0) is 0 Å². The highest BCUT2D eigenvalue weighted by atomic mass is 16.5. The minimum absolute atomic E-state index is 0.0601. The van der Waals surface area contributed by atoms with E-state index in [1.165, 1.54) is 7.11 Å². The molecule has 4 heteroatoms. The third-order valence-corrected chi connectivity index (χ3v) is 2.69. The summed E-state index contributed by atoms with van der Waals surface area (Å²) in [4.78, 5) is 0. The summed E-state index contributed by atoms with van der Waals surface area (Å²) in [6.45, 7) is 0. The summed E-state index contributed by atoms with van der Waals surface area (Å²) in [7, 11) is 3.12. The highest BCUT2D eigenvalue weighted by Crippen LogP contribution is 2.27. The van der Waals surface area contributed by atoms with Crippen molar-refractivity contribution in [2.45, 2.75) is 0 Å². The molecule has 0 spiro atoms. The van der Waals surface area contributed by atoms with Crippen molar-refractivity contribution < 1.29 is 14.5 Å². The lowest BCUT2D eigenvalue weighted by Gasteiger charge is -2.23. The van der Waals surface area contributed by atoms with Crippen LogP contribution in [0.4, 0.5) is 11.4 Å². The van der Waals surface area contributed by atoms with Crippen LogP contribution >= 0.6 is 0 Å². The van der Waals surface area contributed by atoms with E-state index in [0.29, 0.717) is 22.9 Å². The van der Waals surface area contributed by atoms with Gasteiger partial charge in [0.1, 0.15) is 11.4 Å². The Morgan fingerprint density at radius 3 is 2.28 bits per heavy atom. The molecule has 2 aromatic carbocycles. The van der Waals surface area contributed by atoms with Crippen LogP contribution in [-0.4, -0.2) is 14.2 Å². The first-order valence-electron chi connectivity index (χ1n) is 5.58. The standard InChI is InChI=1S/C14H15NO3/c1-17-12-8-9-13(14(10-12)18-2)15(16)11-6-4-3-5-7-11/h3-10,15H,1-2H3. The summed E-state index contributed by atoms with van der Waals surface area (Å²) < 4.78 is 10.3. The smallest absolute Gasteiger partial charge is 0.184 e. The van der Waals surface area contributed by atoms with Gasteiger partial charge < -0.3 is 19.7 Å². The van der Waals surface area contributed by atoms with Crippen molar-refractivity contribution in [2.75, 3.05) is 14.2 Å². The maximum Gasteiger partial charge on any atom is 0.184 e. The van der Waals surface area contributed by atoms with Crippen molar-refractivity contribution in [3.8, 4) is 11.5 Å². The Morgan fingerprint density at radius 1 is 0.944 bits per heavy atom. The molecular formula is C14H15NO3. The predicted octanol–water partition coefficient (Wildman–Crippen LogP) is 2.05. The number of quaternary nitrogens is 1. The number of hydrogen-bond acceptors (Lipinski definition) is 3. The van der Waals surface area contributed by atoms with Gasteiger partial charge in [0.2, 0.25) is 0 Å². The fourth-order valence-electron chi connectivity index (χ4n) is 1.73. The molecular weight excluding hydrogens is 230 g/mol. The normalized spacial score (nSPS) is 11.9. The molecule has 0 radical (unpaired) electrons. The van der Waals surface area contributed by atoms with Crippen LogP contribution < -0.4 is 14.5 Å². The largest absolute Gasteiger partial charge is 0.623 e. The molecule has 0 saturated carbocycles. The zero-order valence-corrected chi connectivity index (χ0v) is 10.3. The molecule has 1 atom stereocenters. The molecule has 0 fully saturated rings. The second-order valence-electron chi connectivity index (χ2n) is 3.76. The third-order valence-electron chi connectivity index (χ3n) is 2.69. The topological polar surface area (TPSA) is 46.0 Å². The number of benzene rings is 2. The first-order chi connectivity index (χ1) is 8.76. The van der Waals surface area contributed by atoms with Gasteiger partial charge in [-0.25, -0.2) is 0 Å². The van der Waals surface area contributed by atoms with Crippen molar-refractivity contribution in [1.29, 1.82) is 0 Å². The molecule has 1 unspecified atom stereocenters. The molecule has 0 aromatic heterocycles. The molecule has 2 aromatic rings. The summed E-state index contributed by atoms with van der Waals surface area (Å²) in [6.07, 6.45) is 0. The number of para-hydroxylation sites is 1. The van der Waals surface area contributed by atoms with Gasteiger partial charge >= 0.3 is 0 Å². The molecule has 0 saturated heterocycles. The SMILES string of the molecule is COc1ccc([NH+]([O-])c2ccccc2)c(OC)c1. The Morgan fingerprint density at radius 2 is 1.67 bits per heavy atom. The summed E-state index contributed by atoms with van der Waals surface area (Å²) in [5, 5.41) is 12.2. The summed E-state index contributed by atoms with van der Waals surface area (Å²) in [5.74, 6) is 1.18. The Kier molecular flexibility index (Phi) is 3.82. The Labute approximate surface area is 106 Å². The second kappa shape index (κ2) is 5.53. The molecule has 0 aliphatic rings. The quantitative estimate of drug-likeness (QED) is 0.838. The van der Waals surface area contributed by atoms with Crippen LogP contribution in [0, 0.1) is 5.21 Å². The first kappa shape index (κ1) is 12.4. The summed E-state index contributed by atoms with van der Waals surface area (Å²) >= 11 is 0. The van der Waals surface area contributed by atoms with Gasteiger partial charge in [0.15, 0.2) is 11.4 Å². The number of ether oxygens (including phenoxy) is 2. The van der Waals surface area contributed by atoms with E-state index in [1.54, 1.807) is 37.4 Å². The lowest BCUT2D eigenvalue weighted by atomic mass is 10.2. The van der Waals surface area contributed by atoms with E-state index in [9.17, 15) is 5.21 Å². The molecule has 0 aliphatic heterocycles. The zero-order chi connectivity index (χ0) is 13.0. The summed E-state index contributed by atoms with van der Waals surface area (Å²) in [6, 6.07) is 14.3. The highest BCUT2D eigenvalue weighted by Gasteiger charge is 2.13. The van der Waals surface area contributed by atoms with Crippen LogP contribution in [0.15, 0.2) is 48.5 Å². The first-order valence-corrected chi connectivity index (χ1v) is 5.58. The Balaban J connectivity index is 2.38. The maximum atomic E-state index is 12.3. The van der Waals surface area contributed by atoms with E-state index >= 15 is 0 Å². The number of rotatable bonds is 4. The van der Waals surface area contributed by atoms with Gasteiger partial charge in [0, 0.05) is 12.1 Å². The van der Waals surface area contributed by atoms with E-state index in [0.717, 1.165) is 0 Å². The Bertz CT molecular complexity index is 514. The van der Waals surface area contributed by atoms with Crippen molar-refractivity contribution in [1.82, 2.24) is 0 Å². The van der Waals surface area contributed by atoms with Gasteiger partial charge in [-0.1, -0.05) is 18.2 Å². The average molecular weight is 245 g/mol. The molecule has 4 nitrogen and oxygen atoms in total. The number of hydrogen-bond donors (Lipinski definition) is 1.